The van der Waals surface area contributed by atoms with Crippen molar-refractivity contribution < 1.29 is 51.8 Å². The number of hydrogen-bond acceptors (Lipinski definition) is 18. The summed E-state index contributed by atoms with van der Waals surface area (Å²) >= 11 is 1.47. The number of carbonyl (C=O) groups excluding carboxylic acids is 6. The number of rotatable bonds is 26. The van der Waals surface area contributed by atoms with Crippen LogP contribution in [0.15, 0.2) is 72.5 Å². The van der Waals surface area contributed by atoms with Crippen molar-refractivity contribution in [2.24, 2.45) is 22.7 Å². The molecule has 2 aromatic heterocycles. The molecule has 6 atom stereocenters. The Bertz CT molecular complexity index is 3860. The van der Waals surface area contributed by atoms with Crippen LogP contribution in [0, 0.1) is 41.2 Å². The zero-order valence-corrected chi connectivity index (χ0v) is 60.7. The number of anilines is 3. The molecule has 7 heterocycles. The number of alkyl halides is 1. The molecule has 2 aliphatic carbocycles. The molecule has 1 spiro atoms. The molecular formula is C75H100F3N15O8S. The van der Waals surface area contributed by atoms with E-state index in [1.165, 1.54) is 34.7 Å². The molecule has 7 fully saturated rings. The fourth-order valence-electron chi connectivity index (χ4n) is 15.6. The Morgan fingerprint density at radius 2 is 1.54 bits per heavy atom. The first-order chi connectivity index (χ1) is 48.6. The van der Waals surface area contributed by atoms with Crippen LogP contribution in [0.1, 0.15) is 127 Å². The van der Waals surface area contributed by atoms with Gasteiger partial charge in [-0.25, -0.2) is 28.1 Å². The Labute approximate surface area is 599 Å². The number of aromatic nitrogens is 3. The molecule has 102 heavy (non-hydrogen) atoms. The molecule has 0 radical (unpaired) electrons. The van der Waals surface area contributed by atoms with Crippen LogP contribution in [-0.4, -0.2) is 203 Å². The van der Waals surface area contributed by atoms with Gasteiger partial charge in [-0.15, -0.1) is 11.3 Å². The van der Waals surface area contributed by atoms with Crippen LogP contribution < -0.4 is 46.4 Å². The van der Waals surface area contributed by atoms with Crippen molar-refractivity contribution in [1.29, 1.82) is 0 Å². The van der Waals surface area contributed by atoms with Gasteiger partial charge in [0.05, 0.1) is 46.5 Å². The number of fused-ring (bicyclic) bond motifs is 1. The average molecular weight is 1430 g/mol. The van der Waals surface area contributed by atoms with E-state index in [1.54, 1.807) is 31.2 Å². The molecule has 550 valence electrons. The van der Waals surface area contributed by atoms with Crippen LogP contribution >= 0.6 is 11.3 Å². The zero-order chi connectivity index (χ0) is 72.3. The van der Waals surface area contributed by atoms with Gasteiger partial charge in [-0.3, -0.25) is 38.6 Å². The van der Waals surface area contributed by atoms with E-state index in [-0.39, 0.29) is 74.3 Å². The predicted molar refractivity (Wildman–Crippen MR) is 384 cm³/mol. The first-order valence-corrected chi connectivity index (χ1v) is 37.1. The number of carbonyl (C=O) groups is 6. The van der Waals surface area contributed by atoms with Crippen molar-refractivity contribution >= 4 is 64.1 Å². The number of nitrogens with zero attached hydrogens (tertiary/aromatic N) is 9. The second-order valence-corrected chi connectivity index (χ2v) is 32.3. The molecule has 7 aliphatic rings. The maximum Gasteiger partial charge on any atom is 0.258 e. The summed E-state index contributed by atoms with van der Waals surface area (Å²) < 4.78 is 52.4. The molecule has 23 nitrogen and oxygen atoms in total. The smallest absolute Gasteiger partial charge is 0.258 e. The molecule has 7 N–H and O–H groups in total. The van der Waals surface area contributed by atoms with Crippen LogP contribution in [0.5, 0.6) is 5.75 Å². The van der Waals surface area contributed by atoms with E-state index >= 15 is 8.78 Å². The molecule has 27 heteroatoms. The van der Waals surface area contributed by atoms with Gasteiger partial charge in [0.2, 0.25) is 23.6 Å². The number of aliphatic hydroxyl groups is 1. The lowest BCUT2D eigenvalue weighted by Gasteiger charge is -2.48. The molecule has 5 aromatic rings. The van der Waals surface area contributed by atoms with Gasteiger partial charge in [0.15, 0.2) is 12.3 Å². The molecule has 5 saturated heterocycles. The summed E-state index contributed by atoms with van der Waals surface area (Å²) in [6.07, 6.45) is 6.72. The largest absolute Gasteiger partial charge is 0.483 e. The number of halogens is 3. The second kappa shape index (κ2) is 31.1. The third-order valence-corrected chi connectivity index (χ3v) is 23.0. The third-order valence-electron chi connectivity index (χ3n) is 22.0. The van der Waals surface area contributed by atoms with Gasteiger partial charge < -0.3 is 61.3 Å². The van der Waals surface area contributed by atoms with Gasteiger partial charge in [0.25, 0.3) is 11.8 Å². The van der Waals surface area contributed by atoms with Gasteiger partial charge in [0, 0.05) is 108 Å². The fourth-order valence-corrected chi connectivity index (χ4v) is 16.4. The molecule has 12 rings (SSSR count). The number of aryl methyl sites for hydroxylation is 1. The molecule has 0 bridgehead atoms. The molecule has 2 saturated carbocycles. The van der Waals surface area contributed by atoms with E-state index in [2.05, 4.69) is 93.4 Å². The minimum atomic E-state index is -2.00. The molecule has 5 aliphatic heterocycles. The van der Waals surface area contributed by atoms with Crippen LogP contribution in [-0.2, 0) is 54.9 Å². The van der Waals surface area contributed by atoms with E-state index in [0.29, 0.717) is 106 Å². The van der Waals surface area contributed by atoms with Crippen molar-refractivity contribution in [3.63, 3.8) is 0 Å². The number of nitrogens with one attached hydrogen (secondary N) is 6. The minimum Gasteiger partial charge on any atom is -0.483 e. The van der Waals surface area contributed by atoms with Gasteiger partial charge in [0.1, 0.15) is 47.4 Å². The van der Waals surface area contributed by atoms with Gasteiger partial charge in [-0.1, -0.05) is 71.0 Å². The number of thiazole rings is 1. The van der Waals surface area contributed by atoms with E-state index in [1.807, 2.05) is 49.4 Å². The number of benzene rings is 3. The number of amides is 6. The molecule has 1 unspecified atom stereocenters. The summed E-state index contributed by atoms with van der Waals surface area (Å²) in [4.78, 5) is 107. The van der Waals surface area contributed by atoms with Gasteiger partial charge >= 0.3 is 0 Å². The number of ether oxygens (including phenoxy) is 1. The summed E-state index contributed by atoms with van der Waals surface area (Å²) in [5, 5.41) is 29.0. The normalized spacial score (nSPS) is 22.6. The summed E-state index contributed by atoms with van der Waals surface area (Å²) in [5.41, 5.74) is 3.27. The van der Waals surface area contributed by atoms with E-state index in [4.69, 9.17) is 4.74 Å². The standard InChI is InChI=1S/C75H100F3N15O8S/c1-47-67(102-46-85-47)50-12-13-51(36-82-69(98)60-31-56(94)40-93(60)70(99)68(72(2,3)4)86-71(100)75(78)14-15-75)61(30-50)101-43-66(97)79-20-9-21-88(7)55-27-52-37-90(38-53(52)28-55)41-64(95)81-35-49-11-8-10-48(26-49)34-80-62-33-63(84-45-83-62)91-24-18-74(19-25-91)44-92(42-65(96)87-74)59-32-57(76)54(29-58(59)77)39-89-22-16-73(5,6)17-23-89/h8,10-13,26,29-30,32-33,45-46,52-53,55-56,60,68,94H,9,14-25,27-28,31,34-44H2,1-7H3,(H,79,97)(H,81,95)(H,82,98)(H,86,100)(H,87,96)(H,80,83,84)/t52-,53+,55?,56-,60+,68-/m1/s1. The lowest BCUT2D eigenvalue weighted by molar-refractivity contribution is -0.145. The third kappa shape index (κ3) is 18.1. The number of piperazine rings is 1. The highest BCUT2D eigenvalue weighted by atomic mass is 32.1. The van der Waals surface area contributed by atoms with Crippen LogP contribution in [0.3, 0.4) is 0 Å². The minimum absolute atomic E-state index is 0.0151. The SMILES string of the molecule is Cc1ncsc1-c1ccc(CNC(=O)[C@@H]2C[C@@H](O)CN2C(=O)[C@@H](NC(=O)C2(F)CC2)C(C)(C)C)c(OCC(=O)NCCCN(C)C2C[C@@H]3CN(CC(=O)NCc4cccc(CNc5cc(N6CCC7(CC6)CN(c6cc(F)c(CN8CCC(C)(C)CC8)cc6F)CC(=O)N7)ncn5)c4)C[C@@H]3C2)c1. The zero-order valence-electron chi connectivity index (χ0n) is 59.9. The fraction of sp³-hybridized carbons (Fsp3) is 0.587. The number of aliphatic hydroxyl groups excluding tert-OH is 1. The quantitative estimate of drug-likeness (QED) is 0.0279. The summed E-state index contributed by atoms with van der Waals surface area (Å²) in [5.74, 6) is -0.675. The van der Waals surface area contributed by atoms with Crippen molar-refractivity contribution in [2.45, 2.75) is 167 Å². The number of hydrogen-bond donors (Lipinski definition) is 7. The lowest BCUT2D eigenvalue weighted by Crippen LogP contribution is -2.66. The summed E-state index contributed by atoms with van der Waals surface area (Å²) in [7, 11) is 2.13. The van der Waals surface area contributed by atoms with Crippen LogP contribution in [0.25, 0.3) is 10.4 Å². The Morgan fingerprint density at radius 1 is 0.804 bits per heavy atom. The number of likely N-dealkylation sites (tertiary alicyclic amines) is 3. The molecule has 6 amide bonds. The van der Waals surface area contributed by atoms with E-state index in [9.17, 15) is 38.3 Å². The number of β-amino-alcohol motifs (C(OH)–C–C–N with tert-alkyl or cyclic N) is 1. The van der Waals surface area contributed by atoms with Crippen molar-refractivity contribution in [3.8, 4) is 16.2 Å². The highest BCUT2D eigenvalue weighted by Gasteiger charge is 2.54. The van der Waals surface area contributed by atoms with Crippen LogP contribution in [0.4, 0.5) is 30.5 Å². The van der Waals surface area contributed by atoms with Gasteiger partial charge in [-0.05, 0) is 143 Å². The summed E-state index contributed by atoms with van der Waals surface area (Å²) in [6.45, 7) is 19.0. The van der Waals surface area contributed by atoms with Gasteiger partial charge in [-0.2, -0.15) is 0 Å². The Morgan fingerprint density at radius 3 is 2.25 bits per heavy atom. The first kappa shape index (κ1) is 73.8. The topological polar surface area (TPSA) is 262 Å². The molecular weight excluding hydrogens is 1330 g/mol. The van der Waals surface area contributed by atoms with Crippen LogP contribution in [0.2, 0.25) is 0 Å². The Kier molecular flexibility index (Phi) is 22.5. The van der Waals surface area contributed by atoms with E-state index in [0.717, 1.165) is 97.9 Å². The monoisotopic (exact) mass is 1430 g/mol. The second-order valence-electron chi connectivity index (χ2n) is 31.5. The maximum atomic E-state index is 15.8. The first-order valence-electron chi connectivity index (χ1n) is 36.2. The summed E-state index contributed by atoms with van der Waals surface area (Å²) in [6, 6.07) is 16.3. The van der Waals surface area contributed by atoms with Crippen molar-refractivity contribution in [3.05, 3.63) is 112 Å². The van der Waals surface area contributed by atoms with E-state index < -0.39 is 64.2 Å². The maximum absolute atomic E-state index is 15.8. The Balaban J connectivity index is 0.541. The highest BCUT2D eigenvalue weighted by molar-refractivity contribution is 7.13. The number of piperidine rings is 2. The van der Waals surface area contributed by atoms with Crippen molar-refractivity contribution in [2.75, 3.05) is 107 Å². The molecule has 3 aromatic carbocycles. The average Bonchev–Trinajstić information content (AvgIpc) is 0.849. The predicted octanol–water partition coefficient (Wildman–Crippen LogP) is 6.85. The lowest BCUT2D eigenvalue weighted by atomic mass is 9.82. The Hall–Kier alpha value is -7.98. The van der Waals surface area contributed by atoms with Crippen molar-refractivity contribution in [1.82, 2.24) is 61.1 Å². The highest BCUT2D eigenvalue weighted by Crippen LogP contribution is 2.42.